The van der Waals surface area contributed by atoms with E-state index in [0.717, 1.165) is 55.7 Å². The largest absolute Gasteiger partial charge is 0.455 e. The molecule has 0 N–H and O–H groups in total. The molecule has 1 aliphatic rings. The van der Waals surface area contributed by atoms with Crippen molar-refractivity contribution in [2.45, 2.75) is 19.3 Å². The Kier molecular flexibility index (Phi) is 8.20. The van der Waals surface area contributed by atoms with Gasteiger partial charge < -0.3 is 9.32 Å². The molecule has 0 radical (unpaired) electrons. The molecule has 0 unspecified atom stereocenters. The molecule has 10 aromatic rings. The van der Waals surface area contributed by atoms with Crippen LogP contribution in [-0.2, 0) is 5.41 Å². The average Bonchev–Trinajstić information content (AvgIpc) is 3.80. The highest BCUT2D eigenvalue weighted by Gasteiger charge is 2.38. The van der Waals surface area contributed by atoms with Gasteiger partial charge in [-0.2, -0.15) is 0 Å². The third kappa shape index (κ3) is 5.63. The van der Waals surface area contributed by atoms with Gasteiger partial charge >= 0.3 is 0 Å². The SMILES string of the molecule is CC1(C)c2ccccc2-c2c(N(c3ccc(-c4cccc5c4oc4ccccc45)cc3)c3ccccc3-c3ccccc3-c3ccccc3-c3ccccc3)cccc21. The van der Waals surface area contributed by atoms with Gasteiger partial charge in [0.15, 0.2) is 0 Å². The molecule has 1 aliphatic carbocycles. The van der Waals surface area contributed by atoms with E-state index in [9.17, 15) is 0 Å². The minimum atomic E-state index is -0.143. The predicted molar refractivity (Wildman–Crippen MR) is 248 cm³/mol. The average molecular weight is 756 g/mol. The van der Waals surface area contributed by atoms with Gasteiger partial charge in [-0.25, -0.2) is 0 Å². The van der Waals surface area contributed by atoms with Crippen LogP contribution in [0.3, 0.4) is 0 Å². The molecular formula is C57H41NO. The van der Waals surface area contributed by atoms with Crippen LogP contribution in [0.2, 0.25) is 0 Å². The fraction of sp³-hybridized carbons (Fsp3) is 0.0526. The van der Waals surface area contributed by atoms with Crippen molar-refractivity contribution >= 4 is 39.0 Å². The first kappa shape index (κ1) is 34.8. The molecule has 280 valence electrons. The zero-order valence-electron chi connectivity index (χ0n) is 33.1. The first-order valence-corrected chi connectivity index (χ1v) is 20.4. The molecular weight excluding hydrogens is 715 g/mol. The van der Waals surface area contributed by atoms with Crippen LogP contribution >= 0.6 is 0 Å². The fourth-order valence-corrected chi connectivity index (χ4v) is 9.53. The quantitative estimate of drug-likeness (QED) is 0.161. The summed E-state index contributed by atoms with van der Waals surface area (Å²) >= 11 is 0. The van der Waals surface area contributed by atoms with E-state index in [0.29, 0.717) is 0 Å². The van der Waals surface area contributed by atoms with Crippen molar-refractivity contribution in [1.29, 1.82) is 0 Å². The maximum absolute atomic E-state index is 6.50. The second-order valence-electron chi connectivity index (χ2n) is 16.0. The van der Waals surface area contributed by atoms with Gasteiger partial charge in [0.1, 0.15) is 11.2 Å². The minimum absolute atomic E-state index is 0.143. The normalized spacial score (nSPS) is 12.7. The second kappa shape index (κ2) is 13.9. The lowest BCUT2D eigenvalue weighted by Crippen LogP contribution is -2.16. The van der Waals surface area contributed by atoms with Crippen LogP contribution in [0.1, 0.15) is 25.0 Å². The highest BCUT2D eigenvalue weighted by molar-refractivity contribution is 6.09. The Labute approximate surface area is 345 Å². The molecule has 2 heteroatoms. The molecule has 0 fully saturated rings. The summed E-state index contributed by atoms with van der Waals surface area (Å²) in [5.41, 5.74) is 19.6. The molecule has 11 rings (SSSR count). The lowest BCUT2D eigenvalue weighted by atomic mass is 9.82. The summed E-state index contributed by atoms with van der Waals surface area (Å²) < 4.78 is 6.50. The van der Waals surface area contributed by atoms with Crippen molar-refractivity contribution < 1.29 is 4.42 Å². The van der Waals surface area contributed by atoms with Crippen molar-refractivity contribution in [2.24, 2.45) is 0 Å². The molecule has 2 nitrogen and oxygen atoms in total. The topological polar surface area (TPSA) is 16.4 Å². The van der Waals surface area contributed by atoms with Gasteiger partial charge in [0, 0.05) is 38.6 Å². The molecule has 0 bridgehead atoms. The molecule has 0 amide bonds. The van der Waals surface area contributed by atoms with Crippen LogP contribution in [-0.4, -0.2) is 0 Å². The first-order valence-electron chi connectivity index (χ1n) is 20.4. The van der Waals surface area contributed by atoms with E-state index in [-0.39, 0.29) is 5.41 Å². The van der Waals surface area contributed by atoms with Gasteiger partial charge in [-0.3, -0.25) is 0 Å². The van der Waals surface area contributed by atoms with Crippen LogP contribution < -0.4 is 4.90 Å². The number of benzene rings is 9. The van der Waals surface area contributed by atoms with E-state index in [2.05, 4.69) is 219 Å². The molecule has 0 aliphatic heterocycles. The Bertz CT molecular complexity index is 3190. The van der Waals surface area contributed by atoms with Crippen LogP contribution in [0, 0.1) is 0 Å². The van der Waals surface area contributed by atoms with Crippen molar-refractivity contribution in [3.63, 3.8) is 0 Å². The Hall–Kier alpha value is -7.42. The monoisotopic (exact) mass is 755 g/mol. The molecule has 0 spiro atoms. The highest BCUT2D eigenvalue weighted by atomic mass is 16.3. The summed E-state index contributed by atoms with van der Waals surface area (Å²) in [7, 11) is 0. The maximum atomic E-state index is 6.50. The van der Waals surface area contributed by atoms with Crippen LogP contribution in [0.15, 0.2) is 217 Å². The third-order valence-corrected chi connectivity index (χ3v) is 12.3. The van der Waals surface area contributed by atoms with Gasteiger partial charge in [0.05, 0.1) is 11.4 Å². The summed E-state index contributed by atoms with van der Waals surface area (Å²) in [6.45, 7) is 4.71. The number of furan rings is 1. The summed E-state index contributed by atoms with van der Waals surface area (Å²) in [5, 5.41) is 2.27. The number of nitrogens with zero attached hydrogens (tertiary/aromatic N) is 1. The molecule has 9 aromatic carbocycles. The van der Waals surface area contributed by atoms with E-state index in [4.69, 9.17) is 4.42 Å². The molecule has 1 heterocycles. The lowest BCUT2D eigenvalue weighted by Gasteiger charge is -2.31. The summed E-state index contributed by atoms with van der Waals surface area (Å²) in [5.74, 6) is 0. The Balaban J connectivity index is 1.13. The number of anilines is 3. The van der Waals surface area contributed by atoms with E-state index < -0.39 is 0 Å². The summed E-state index contributed by atoms with van der Waals surface area (Å²) in [6, 6.07) is 76.8. The minimum Gasteiger partial charge on any atom is -0.455 e. The Morgan fingerprint density at radius 3 is 1.64 bits per heavy atom. The van der Waals surface area contributed by atoms with Gasteiger partial charge in [0.25, 0.3) is 0 Å². The Morgan fingerprint density at radius 2 is 0.864 bits per heavy atom. The first-order chi connectivity index (χ1) is 29.1. The van der Waals surface area contributed by atoms with Gasteiger partial charge in [-0.15, -0.1) is 0 Å². The zero-order chi connectivity index (χ0) is 39.5. The fourth-order valence-electron chi connectivity index (χ4n) is 9.53. The molecule has 1 aromatic heterocycles. The van der Waals surface area contributed by atoms with Gasteiger partial charge in [-0.05, 0) is 80.4 Å². The number of hydrogen-bond acceptors (Lipinski definition) is 2. The van der Waals surface area contributed by atoms with E-state index >= 15 is 0 Å². The number of fused-ring (bicyclic) bond motifs is 6. The molecule has 59 heavy (non-hydrogen) atoms. The third-order valence-electron chi connectivity index (χ3n) is 12.3. The zero-order valence-corrected chi connectivity index (χ0v) is 33.1. The van der Waals surface area contributed by atoms with Crippen molar-refractivity contribution in [3.05, 3.63) is 223 Å². The summed E-state index contributed by atoms with van der Waals surface area (Å²) in [4.78, 5) is 2.48. The van der Waals surface area contributed by atoms with Crippen molar-refractivity contribution in [2.75, 3.05) is 4.90 Å². The highest BCUT2D eigenvalue weighted by Crippen LogP contribution is 2.55. The molecule has 0 saturated carbocycles. The predicted octanol–water partition coefficient (Wildman–Crippen LogP) is 16.0. The van der Waals surface area contributed by atoms with E-state index in [1.54, 1.807) is 0 Å². The smallest absolute Gasteiger partial charge is 0.143 e. The number of rotatable bonds is 7. The molecule has 0 saturated heterocycles. The van der Waals surface area contributed by atoms with Gasteiger partial charge in [0.2, 0.25) is 0 Å². The number of para-hydroxylation sites is 3. The molecule has 0 atom stereocenters. The lowest BCUT2D eigenvalue weighted by molar-refractivity contribution is 0.660. The van der Waals surface area contributed by atoms with Crippen LogP contribution in [0.5, 0.6) is 0 Å². The van der Waals surface area contributed by atoms with E-state index in [1.807, 2.05) is 12.1 Å². The van der Waals surface area contributed by atoms with Crippen LogP contribution in [0.25, 0.3) is 77.6 Å². The van der Waals surface area contributed by atoms with Crippen molar-refractivity contribution in [3.8, 4) is 55.6 Å². The van der Waals surface area contributed by atoms with E-state index in [1.165, 1.54) is 50.1 Å². The standard InChI is InChI=1S/C57H41NO/c1-57(2)50-29-13-10-26-49(50)55-51(57)30-17-32-53(55)58(40-36-34-39(35-37-40)42-27-16-28-48-47-25-12-15-33-54(47)59-56(42)48)52-31-14-11-24-46(52)45-23-9-8-22-44(45)43-21-7-6-20-41(43)38-18-4-3-5-19-38/h3-37H,1-2H3. The second-order valence-corrected chi connectivity index (χ2v) is 16.0. The van der Waals surface area contributed by atoms with Crippen LogP contribution in [0.4, 0.5) is 17.1 Å². The van der Waals surface area contributed by atoms with Crippen molar-refractivity contribution in [1.82, 2.24) is 0 Å². The maximum Gasteiger partial charge on any atom is 0.143 e. The van der Waals surface area contributed by atoms with Gasteiger partial charge in [-0.1, -0.05) is 196 Å². The summed E-state index contributed by atoms with van der Waals surface area (Å²) in [6.07, 6.45) is 0. The Morgan fingerprint density at radius 1 is 0.356 bits per heavy atom. The number of hydrogen-bond donors (Lipinski definition) is 0.